The van der Waals surface area contributed by atoms with Gasteiger partial charge in [-0.1, -0.05) is 0 Å². The van der Waals surface area contributed by atoms with Crippen LogP contribution < -0.4 is 0 Å². The third-order valence-corrected chi connectivity index (χ3v) is 4.38. The Balaban J connectivity index is 2.21. The van der Waals surface area contributed by atoms with Crippen LogP contribution >= 0.6 is 0 Å². The van der Waals surface area contributed by atoms with Gasteiger partial charge in [-0.15, -0.1) is 0 Å². The highest BCUT2D eigenvalue weighted by Crippen LogP contribution is 2.58. The van der Waals surface area contributed by atoms with E-state index < -0.39 is 17.2 Å². The molecule has 2 aliphatic rings. The monoisotopic (exact) mass is 283 g/mol. The van der Waals surface area contributed by atoms with Gasteiger partial charge in [0.15, 0.2) is 0 Å². The molecule has 0 bridgehead atoms. The molecule has 114 valence electrons. The maximum atomic E-state index is 12.4. The third kappa shape index (κ3) is 2.76. The highest BCUT2D eigenvalue weighted by Gasteiger charge is 2.58. The smallest absolute Gasteiger partial charge is 0.411 e. The number of carbonyl (C=O) groups excluding carboxylic acids is 2. The largest absolute Gasteiger partial charge is 0.467 e. The highest BCUT2D eigenvalue weighted by atomic mass is 16.6. The topological polar surface area (TPSA) is 55.8 Å². The maximum absolute atomic E-state index is 12.4. The molecule has 0 radical (unpaired) electrons. The Labute approximate surface area is 120 Å². The van der Waals surface area contributed by atoms with Crippen molar-refractivity contribution < 1.29 is 19.1 Å². The number of ether oxygens (including phenoxy) is 2. The van der Waals surface area contributed by atoms with Crippen LogP contribution in [0.4, 0.5) is 4.79 Å². The van der Waals surface area contributed by atoms with E-state index in [1.54, 1.807) is 11.8 Å². The number of methoxy groups -OCH3 is 1. The van der Waals surface area contributed by atoms with Crippen LogP contribution in [-0.2, 0) is 14.3 Å². The lowest BCUT2D eigenvalue weighted by atomic mass is 9.79. The lowest BCUT2D eigenvalue weighted by Gasteiger charge is -2.45. The first kappa shape index (κ1) is 15.1. The van der Waals surface area contributed by atoms with E-state index in [0.717, 1.165) is 19.3 Å². The first-order valence-electron chi connectivity index (χ1n) is 7.21. The lowest BCUT2D eigenvalue weighted by molar-refractivity contribution is -0.158. The molecule has 0 aromatic heterocycles. The highest BCUT2D eigenvalue weighted by molar-refractivity contribution is 5.86. The van der Waals surface area contributed by atoms with Crippen molar-refractivity contribution in [3.63, 3.8) is 0 Å². The van der Waals surface area contributed by atoms with Crippen LogP contribution in [0.3, 0.4) is 0 Å². The number of piperidine rings is 1. The molecule has 5 heteroatoms. The number of amides is 1. The van der Waals surface area contributed by atoms with E-state index in [1.807, 2.05) is 20.8 Å². The molecule has 0 aromatic rings. The van der Waals surface area contributed by atoms with Crippen LogP contribution in [-0.4, -0.2) is 41.8 Å². The van der Waals surface area contributed by atoms with Gasteiger partial charge in [0.05, 0.1) is 7.11 Å². The van der Waals surface area contributed by atoms with Crippen molar-refractivity contribution in [2.75, 3.05) is 13.7 Å². The molecular formula is C15H25NO4. The molecule has 2 fully saturated rings. The Kier molecular flexibility index (Phi) is 3.51. The zero-order valence-electron chi connectivity index (χ0n) is 13.1. The van der Waals surface area contributed by atoms with Crippen LogP contribution in [0.1, 0.15) is 53.4 Å². The molecule has 1 unspecified atom stereocenters. The van der Waals surface area contributed by atoms with E-state index in [4.69, 9.17) is 9.47 Å². The molecule has 1 saturated carbocycles. The van der Waals surface area contributed by atoms with Gasteiger partial charge < -0.3 is 9.47 Å². The van der Waals surface area contributed by atoms with E-state index >= 15 is 0 Å². The molecule has 5 nitrogen and oxygen atoms in total. The lowest BCUT2D eigenvalue weighted by Crippen LogP contribution is -2.60. The standard InChI is InChI=1S/C15H25NO4/c1-13(2,3)20-12(18)16-9-8-15(6-7-15)10-14(16,4)11(17)19-5/h6-10H2,1-5H3. The predicted octanol–water partition coefficient (Wildman–Crippen LogP) is 2.73. The van der Waals surface area contributed by atoms with E-state index in [2.05, 4.69) is 0 Å². The normalized spacial score (nSPS) is 28.1. The minimum absolute atomic E-state index is 0.238. The SMILES string of the molecule is COC(=O)C1(C)CC2(CCN1C(=O)OC(C)(C)C)CC2. The molecule has 20 heavy (non-hydrogen) atoms. The molecule has 1 amide bonds. The fourth-order valence-corrected chi connectivity index (χ4v) is 3.13. The van der Waals surface area contributed by atoms with Gasteiger partial charge in [0.1, 0.15) is 11.1 Å². The molecular weight excluding hydrogens is 258 g/mol. The van der Waals surface area contributed by atoms with Crippen molar-refractivity contribution in [1.29, 1.82) is 0 Å². The summed E-state index contributed by atoms with van der Waals surface area (Å²) in [7, 11) is 1.37. The van der Waals surface area contributed by atoms with Crippen LogP contribution in [0.2, 0.25) is 0 Å². The van der Waals surface area contributed by atoms with Crippen molar-refractivity contribution in [1.82, 2.24) is 4.90 Å². The number of hydrogen-bond donors (Lipinski definition) is 0. The van der Waals surface area contributed by atoms with Gasteiger partial charge in [-0.05, 0) is 58.8 Å². The molecule has 0 N–H and O–H groups in total. The predicted molar refractivity (Wildman–Crippen MR) is 74.3 cm³/mol. The second-order valence-corrected chi connectivity index (χ2v) is 7.32. The summed E-state index contributed by atoms with van der Waals surface area (Å²) in [6.07, 6.45) is 3.47. The third-order valence-electron chi connectivity index (χ3n) is 4.38. The second-order valence-electron chi connectivity index (χ2n) is 7.32. The number of nitrogens with zero attached hydrogens (tertiary/aromatic N) is 1. The summed E-state index contributed by atoms with van der Waals surface area (Å²) in [5.41, 5.74) is -1.24. The molecule has 1 heterocycles. The van der Waals surface area contributed by atoms with Gasteiger partial charge >= 0.3 is 12.1 Å². The van der Waals surface area contributed by atoms with Crippen LogP contribution in [0.25, 0.3) is 0 Å². The van der Waals surface area contributed by atoms with Gasteiger partial charge in [0, 0.05) is 6.54 Å². The summed E-state index contributed by atoms with van der Waals surface area (Å²) in [5.74, 6) is -0.352. The fourth-order valence-electron chi connectivity index (χ4n) is 3.13. The average molecular weight is 283 g/mol. The van der Waals surface area contributed by atoms with Gasteiger partial charge in [-0.25, -0.2) is 9.59 Å². The van der Waals surface area contributed by atoms with Crippen molar-refractivity contribution in [3.05, 3.63) is 0 Å². The van der Waals surface area contributed by atoms with Crippen molar-refractivity contribution >= 4 is 12.1 Å². The summed E-state index contributed by atoms with van der Waals surface area (Å²) in [6.45, 7) is 7.83. The quantitative estimate of drug-likeness (QED) is 0.694. The minimum atomic E-state index is -0.911. The number of carbonyl (C=O) groups is 2. The van der Waals surface area contributed by atoms with E-state index in [0.29, 0.717) is 13.0 Å². The van der Waals surface area contributed by atoms with Gasteiger partial charge in [-0.3, -0.25) is 4.90 Å². The zero-order valence-corrected chi connectivity index (χ0v) is 13.1. The summed E-state index contributed by atoms with van der Waals surface area (Å²) in [4.78, 5) is 26.1. The van der Waals surface area contributed by atoms with E-state index in [9.17, 15) is 9.59 Å². The Bertz CT molecular complexity index is 422. The van der Waals surface area contributed by atoms with Crippen LogP contribution in [0.5, 0.6) is 0 Å². The average Bonchev–Trinajstić information content (AvgIpc) is 3.04. The summed E-state index contributed by atoms with van der Waals surface area (Å²) in [6, 6.07) is 0. The Morgan fingerprint density at radius 3 is 2.20 bits per heavy atom. The van der Waals surface area contributed by atoms with Gasteiger partial charge in [-0.2, -0.15) is 0 Å². The van der Waals surface area contributed by atoms with Crippen molar-refractivity contribution in [3.8, 4) is 0 Å². The molecule has 1 saturated heterocycles. The first-order valence-corrected chi connectivity index (χ1v) is 7.21. The van der Waals surface area contributed by atoms with Crippen molar-refractivity contribution in [2.24, 2.45) is 5.41 Å². The maximum Gasteiger partial charge on any atom is 0.411 e. The molecule has 1 aliphatic heterocycles. The number of hydrogen-bond acceptors (Lipinski definition) is 4. The van der Waals surface area contributed by atoms with Gasteiger partial charge in [0.2, 0.25) is 0 Å². The summed E-state index contributed by atoms with van der Waals surface area (Å²) >= 11 is 0. The summed E-state index contributed by atoms with van der Waals surface area (Å²) in [5, 5.41) is 0. The van der Waals surface area contributed by atoms with Gasteiger partial charge in [0.25, 0.3) is 0 Å². The van der Waals surface area contributed by atoms with Crippen LogP contribution in [0, 0.1) is 5.41 Å². The fraction of sp³-hybridized carbons (Fsp3) is 0.867. The zero-order chi connectivity index (χ0) is 15.2. The number of esters is 1. The van der Waals surface area contributed by atoms with Crippen molar-refractivity contribution in [2.45, 2.75) is 64.5 Å². The first-order chi connectivity index (χ1) is 9.12. The summed E-state index contributed by atoms with van der Waals surface area (Å²) < 4.78 is 10.4. The number of rotatable bonds is 1. The molecule has 1 aliphatic carbocycles. The molecule has 2 rings (SSSR count). The molecule has 0 aromatic carbocycles. The molecule has 1 spiro atoms. The Hall–Kier alpha value is -1.26. The Morgan fingerprint density at radius 2 is 1.75 bits per heavy atom. The second kappa shape index (κ2) is 4.64. The van der Waals surface area contributed by atoms with E-state index in [1.165, 1.54) is 7.11 Å². The molecule has 1 atom stereocenters. The van der Waals surface area contributed by atoms with Crippen LogP contribution in [0.15, 0.2) is 0 Å². The number of likely N-dealkylation sites (tertiary alicyclic amines) is 1. The Morgan fingerprint density at radius 1 is 1.15 bits per heavy atom. The van der Waals surface area contributed by atoms with E-state index in [-0.39, 0.29) is 11.4 Å². The minimum Gasteiger partial charge on any atom is -0.467 e.